The molecule has 2 fully saturated rings. The summed E-state index contributed by atoms with van der Waals surface area (Å²) in [5.41, 5.74) is 0.998. The van der Waals surface area contributed by atoms with Gasteiger partial charge in [0.05, 0.1) is 31.4 Å². The lowest BCUT2D eigenvalue weighted by Crippen LogP contribution is -2.47. The van der Waals surface area contributed by atoms with Gasteiger partial charge in [0.15, 0.2) is 5.78 Å². The van der Waals surface area contributed by atoms with Crippen LogP contribution in [0.2, 0.25) is 15.1 Å². The number of hydrogen-bond donors (Lipinski definition) is 2. The van der Waals surface area contributed by atoms with Crippen LogP contribution >= 0.6 is 34.8 Å². The molecule has 4 rings (SSSR count). The first-order valence-electron chi connectivity index (χ1n) is 10.4. The number of benzene rings is 2. The smallest absolute Gasteiger partial charge is 0.269 e. The minimum atomic E-state index is -1.35. The van der Waals surface area contributed by atoms with E-state index in [9.17, 15) is 19.7 Å². The highest BCUT2D eigenvalue weighted by atomic mass is 35.5. The normalized spacial score (nSPS) is 26.1. The second-order valence-corrected chi connectivity index (χ2v) is 10.5. The van der Waals surface area contributed by atoms with Gasteiger partial charge in [-0.05, 0) is 42.5 Å². The number of ketones is 1. The molecule has 11 heteroatoms. The van der Waals surface area contributed by atoms with Crippen LogP contribution in [-0.4, -0.2) is 22.3 Å². The molecule has 0 aliphatic heterocycles. The number of Topliss-reactive ketones (excluding diaryl/α,β-unsaturated/α-hetero) is 1. The van der Waals surface area contributed by atoms with E-state index < -0.39 is 27.1 Å². The largest absolute Gasteiger partial charge is 0.324 e. The van der Waals surface area contributed by atoms with Gasteiger partial charge in [0.2, 0.25) is 5.91 Å². The summed E-state index contributed by atoms with van der Waals surface area (Å²) in [6, 6.07) is 8.57. The highest BCUT2D eigenvalue weighted by Gasteiger charge is 2.76. The van der Waals surface area contributed by atoms with E-state index in [1.54, 1.807) is 0 Å². The number of fused-ring (bicyclic) bond motifs is 2. The van der Waals surface area contributed by atoms with Crippen LogP contribution in [0.5, 0.6) is 0 Å². The van der Waals surface area contributed by atoms with E-state index in [-0.39, 0.29) is 37.9 Å². The van der Waals surface area contributed by atoms with Crippen LogP contribution < -0.4 is 10.7 Å². The Morgan fingerprint density at radius 2 is 1.65 bits per heavy atom. The van der Waals surface area contributed by atoms with Crippen LogP contribution in [-0.2, 0) is 9.59 Å². The lowest BCUT2D eigenvalue weighted by molar-refractivity contribution is -0.384. The maximum Gasteiger partial charge on any atom is 0.269 e. The van der Waals surface area contributed by atoms with Crippen molar-refractivity contribution < 1.29 is 14.5 Å². The summed E-state index contributed by atoms with van der Waals surface area (Å²) in [4.78, 5) is 37.7. The number of anilines is 2. The van der Waals surface area contributed by atoms with Gasteiger partial charge in [-0.1, -0.05) is 55.6 Å². The molecular weight excluding hydrogens is 503 g/mol. The number of rotatable bonds is 5. The molecule has 2 bridgehead atoms. The molecule has 2 aliphatic rings. The Bertz CT molecular complexity index is 1260. The Labute approximate surface area is 210 Å². The van der Waals surface area contributed by atoms with Crippen LogP contribution in [0.1, 0.15) is 33.6 Å². The van der Waals surface area contributed by atoms with Crippen LogP contribution in [0, 0.1) is 26.4 Å². The van der Waals surface area contributed by atoms with E-state index in [0.29, 0.717) is 18.5 Å². The lowest BCUT2D eigenvalue weighted by atomic mass is 9.64. The monoisotopic (exact) mass is 522 g/mol. The van der Waals surface area contributed by atoms with Gasteiger partial charge in [-0.25, -0.2) is 0 Å². The van der Waals surface area contributed by atoms with Gasteiger partial charge in [-0.15, -0.1) is 0 Å². The number of carbonyl (C=O) groups is 2. The molecule has 2 aliphatic carbocycles. The zero-order chi connectivity index (χ0) is 25.1. The maximum absolute atomic E-state index is 13.7. The fourth-order valence-corrected chi connectivity index (χ4v) is 5.69. The molecule has 0 aromatic heterocycles. The predicted molar refractivity (Wildman–Crippen MR) is 133 cm³/mol. The third kappa shape index (κ3) is 3.39. The standard InChI is InChI=1S/C23H21Cl3N4O4/c1-21(2)22(3)8-9-23(21,20(32)27-17-11-15(25)14(24)10-16(17)26)19(31)18(22)29-28-12-4-6-13(7-5-12)30(33)34/h4-7,10-11,28H,8-9H2,1-3H3,(H,27,32). The summed E-state index contributed by atoms with van der Waals surface area (Å²) < 4.78 is 0. The summed E-state index contributed by atoms with van der Waals surface area (Å²) in [6.45, 7) is 5.71. The second-order valence-electron chi connectivity index (χ2n) is 9.27. The Kier molecular flexibility index (Phi) is 5.91. The third-order valence-corrected chi connectivity index (χ3v) is 8.63. The van der Waals surface area contributed by atoms with Gasteiger partial charge in [-0.2, -0.15) is 5.10 Å². The molecule has 0 spiro atoms. The Morgan fingerprint density at radius 1 is 1.03 bits per heavy atom. The average molecular weight is 524 g/mol. The summed E-state index contributed by atoms with van der Waals surface area (Å²) in [5, 5.41) is 18.7. The van der Waals surface area contributed by atoms with Gasteiger partial charge in [0.1, 0.15) is 11.1 Å². The number of hydrogen-bond acceptors (Lipinski definition) is 6. The van der Waals surface area contributed by atoms with E-state index in [1.807, 2.05) is 20.8 Å². The Morgan fingerprint density at radius 3 is 2.26 bits per heavy atom. The molecule has 0 heterocycles. The fraction of sp³-hybridized carbons (Fsp3) is 0.348. The van der Waals surface area contributed by atoms with Crippen LogP contribution in [0.4, 0.5) is 17.1 Å². The van der Waals surface area contributed by atoms with E-state index in [1.165, 1.54) is 36.4 Å². The quantitative estimate of drug-likeness (QED) is 0.205. The molecule has 178 valence electrons. The molecule has 0 saturated heterocycles. The summed E-state index contributed by atoms with van der Waals surface area (Å²) in [6.07, 6.45) is 0.936. The van der Waals surface area contributed by atoms with E-state index in [0.717, 1.165) is 0 Å². The van der Waals surface area contributed by atoms with Gasteiger partial charge >= 0.3 is 0 Å². The van der Waals surface area contributed by atoms with Crippen molar-refractivity contribution >= 4 is 69.3 Å². The zero-order valence-electron chi connectivity index (χ0n) is 18.5. The summed E-state index contributed by atoms with van der Waals surface area (Å²) >= 11 is 18.3. The first-order valence-corrected chi connectivity index (χ1v) is 11.6. The van der Waals surface area contributed by atoms with Crippen molar-refractivity contribution in [2.45, 2.75) is 33.6 Å². The number of nitro benzene ring substituents is 1. The number of carbonyl (C=O) groups excluding carboxylic acids is 2. The molecule has 8 nitrogen and oxygen atoms in total. The van der Waals surface area contributed by atoms with E-state index in [2.05, 4.69) is 15.8 Å². The van der Waals surface area contributed by atoms with Crippen molar-refractivity contribution in [3.8, 4) is 0 Å². The zero-order valence-corrected chi connectivity index (χ0v) is 20.8. The van der Waals surface area contributed by atoms with Crippen LogP contribution in [0.15, 0.2) is 41.5 Å². The number of nitrogens with zero attached hydrogens (tertiary/aromatic N) is 2. The van der Waals surface area contributed by atoms with Crippen molar-refractivity contribution in [3.05, 3.63) is 61.6 Å². The number of non-ortho nitro benzene ring substituents is 1. The van der Waals surface area contributed by atoms with Gasteiger partial charge in [-0.3, -0.25) is 25.1 Å². The first-order chi connectivity index (χ1) is 15.8. The Hall–Kier alpha value is -2.68. The average Bonchev–Trinajstić information content (AvgIpc) is 3.05. The van der Waals surface area contributed by atoms with Crippen molar-refractivity contribution in [2.75, 3.05) is 10.7 Å². The van der Waals surface area contributed by atoms with Gasteiger partial charge < -0.3 is 5.32 Å². The first kappa shape index (κ1) is 24.4. The molecule has 1 amide bonds. The number of nitro groups is 1. The molecule has 2 unspecified atom stereocenters. The van der Waals surface area contributed by atoms with Gasteiger partial charge in [0, 0.05) is 17.5 Å². The molecule has 2 aromatic carbocycles. The highest BCUT2D eigenvalue weighted by molar-refractivity contribution is 6.51. The summed E-state index contributed by atoms with van der Waals surface area (Å²) in [5.74, 6) is -0.846. The molecule has 2 saturated carbocycles. The number of halogens is 3. The molecule has 34 heavy (non-hydrogen) atoms. The third-order valence-electron chi connectivity index (χ3n) is 7.59. The van der Waals surface area contributed by atoms with Crippen molar-refractivity contribution in [3.63, 3.8) is 0 Å². The topological polar surface area (TPSA) is 114 Å². The minimum absolute atomic E-state index is 0.0566. The fourth-order valence-electron chi connectivity index (χ4n) is 5.10. The minimum Gasteiger partial charge on any atom is -0.324 e. The second kappa shape index (κ2) is 8.22. The van der Waals surface area contributed by atoms with E-state index in [4.69, 9.17) is 34.8 Å². The molecular formula is C23H21Cl3N4O4. The lowest BCUT2D eigenvalue weighted by Gasteiger charge is -2.37. The molecule has 2 atom stereocenters. The molecule has 2 N–H and O–H groups in total. The number of nitrogens with one attached hydrogen (secondary N) is 2. The Balaban J connectivity index is 1.67. The molecule has 2 aromatic rings. The highest BCUT2D eigenvalue weighted by Crippen LogP contribution is 2.69. The van der Waals surface area contributed by atoms with Crippen molar-refractivity contribution in [2.24, 2.45) is 21.3 Å². The van der Waals surface area contributed by atoms with Gasteiger partial charge in [0.25, 0.3) is 5.69 Å². The van der Waals surface area contributed by atoms with Crippen LogP contribution in [0.25, 0.3) is 0 Å². The van der Waals surface area contributed by atoms with Crippen LogP contribution in [0.3, 0.4) is 0 Å². The van der Waals surface area contributed by atoms with Crippen molar-refractivity contribution in [1.29, 1.82) is 0 Å². The number of amides is 1. The predicted octanol–water partition coefficient (Wildman–Crippen LogP) is 6.36. The molecule has 0 radical (unpaired) electrons. The maximum atomic E-state index is 13.7. The van der Waals surface area contributed by atoms with Crippen molar-refractivity contribution in [1.82, 2.24) is 0 Å². The summed E-state index contributed by atoms with van der Waals surface area (Å²) in [7, 11) is 0. The SMILES string of the molecule is CC12CCC(C(=O)Nc3cc(Cl)c(Cl)cc3Cl)(C(=O)C1=NNc1ccc([N+](=O)[O-])cc1)C2(C)C. The van der Waals surface area contributed by atoms with E-state index >= 15 is 0 Å². The number of hydrazone groups is 1.